The molecule has 0 saturated heterocycles. The maximum absolute atomic E-state index is 8.95. The van der Waals surface area contributed by atoms with Crippen LogP contribution in [0.3, 0.4) is 0 Å². The molecule has 0 radical (unpaired) electrons. The van der Waals surface area contributed by atoms with Crippen molar-refractivity contribution in [3.8, 4) is 73.0 Å². The molecule has 0 atom stereocenters. The van der Waals surface area contributed by atoms with E-state index < -0.39 is 6.04 Å². The fourth-order valence-corrected chi connectivity index (χ4v) is 7.29. The lowest BCUT2D eigenvalue weighted by Crippen LogP contribution is -1.97. The quantitative estimate of drug-likeness (QED) is 0.166. The highest BCUT2D eigenvalue weighted by molar-refractivity contribution is 5.90. The van der Waals surface area contributed by atoms with Crippen molar-refractivity contribution < 1.29 is 6.85 Å². The van der Waals surface area contributed by atoms with Gasteiger partial charge in [0, 0.05) is 28.6 Å². The van der Waals surface area contributed by atoms with Crippen LogP contribution >= 0.6 is 0 Å². The average molecular weight is 696 g/mol. The molecule has 0 bridgehead atoms. The Labute approximate surface area is 321 Å². The molecule has 0 amide bonds. The van der Waals surface area contributed by atoms with E-state index in [1.165, 1.54) is 0 Å². The molecule has 0 N–H and O–H groups in total. The van der Waals surface area contributed by atoms with E-state index in [4.69, 9.17) is 16.8 Å². The molecule has 10 aromatic rings. The predicted molar refractivity (Wildman–Crippen MR) is 222 cm³/mol. The molecule has 0 spiro atoms. The first-order valence-electron chi connectivity index (χ1n) is 20.3. The molecular weight excluding hydrogens is 657 g/mol. The second kappa shape index (κ2) is 13.4. The van der Waals surface area contributed by atoms with E-state index in [-0.39, 0.29) is 29.7 Å². The zero-order chi connectivity index (χ0) is 40.2. The van der Waals surface area contributed by atoms with Crippen LogP contribution in [0.1, 0.15) is 6.85 Å². The molecule has 254 valence electrons. The van der Waals surface area contributed by atoms with Gasteiger partial charge in [0.1, 0.15) is 11.5 Å². The largest absolute Gasteiger partial charge is 0.299 e. The minimum absolute atomic E-state index is 0.142. The Hall–Kier alpha value is -7.30. The number of pyridine rings is 1. The van der Waals surface area contributed by atoms with E-state index in [1.54, 1.807) is 0 Å². The number of aromatic nitrogens is 4. The molecule has 0 unspecified atom stereocenters. The molecule has 7 aromatic carbocycles. The van der Waals surface area contributed by atoms with Gasteiger partial charge in [0.25, 0.3) is 0 Å². The van der Waals surface area contributed by atoms with Gasteiger partial charge in [0.2, 0.25) is 0 Å². The van der Waals surface area contributed by atoms with Crippen molar-refractivity contribution in [1.82, 2.24) is 18.9 Å². The number of rotatable bonds is 7. The minimum Gasteiger partial charge on any atom is -0.299 e. The van der Waals surface area contributed by atoms with E-state index >= 15 is 0 Å². The molecule has 0 aliphatic heterocycles. The summed E-state index contributed by atoms with van der Waals surface area (Å²) in [5.41, 5.74) is 12.3. The van der Waals surface area contributed by atoms with Crippen LogP contribution in [0.5, 0.6) is 0 Å². The molecule has 0 fully saturated rings. The number of benzene rings is 7. The van der Waals surface area contributed by atoms with Crippen LogP contribution in [-0.4, -0.2) is 18.9 Å². The molecule has 0 aliphatic carbocycles. The van der Waals surface area contributed by atoms with Crippen LogP contribution in [-0.2, 0) is 0 Å². The number of fused-ring (bicyclic) bond motifs is 2. The van der Waals surface area contributed by atoms with Gasteiger partial charge in [0.15, 0.2) is 0 Å². The first kappa shape index (κ1) is 26.5. The van der Waals surface area contributed by atoms with E-state index in [1.807, 2.05) is 115 Å². The van der Waals surface area contributed by atoms with E-state index in [0.29, 0.717) is 5.56 Å². The Morgan fingerprint density at radius 3 is 1.76 bits per heavy atom. The lowest BCUT2D eigenvalue weighted by molar-refractivity contribution is 1.10. The Balaban J connectivity index is 1.20. The Morgan fingerprint density at radius 1 is 0.426 bits per heavy atom. The summed E-state index contributed by atoms with van der Waals surface area (Å²) < 4.78 is 47.5. The monoisotopic (exact) mass is 695 g/mol. The third kappa shape index (κ3) is 5.67. The van der Waals surface area contributed by atoms with Gasteiger partial charge >= 0.3 is 0 Å². The van der Waals surface area contributed by atoms with Crippen LogP contribution in [0.2, 0.25) is 0 Å². The molecule has 0 aliphatic rings. The third-order valence-electron chi connectivity index (χ3n) is 9.80. The summed E-state index contributed by atoms with van der Waals surface area (Å²) >= 11 is 0. The van der Waals surface area contributed by atoms with Crippen molar-refractivity contribution in [3.05, 3.63) is 206 Å². The molecule has 10 rings (SSSR count). The fraction of sp³-hybridized carbons (Fsp3) is 0. The van der Waals surface area contributed by atoms with Crippen LogP contribution in [0.25, 0.3) is 89.7 Å². The number of hydrogen-bond acceptors (Lipinski definition) is 2. The smallest absolute Gasteiger partial charge is 0.145 e. The maximum atomic E-state index is 8.95. The third-order valence-corrected chi connectivity index (χ3v) is 9.80. The van der Waals surface area contributed by atoms with Gasteiger partial charge < -0.3 is 0 Å². The highest BCUT2D eigenvalue weighted by Crippen LogP contribution is 2.38. The summed E-state index contributed by atoms with van der Waals surface area (Å²) in [5.74, 6) is 0.816. The second-order valence-electron chi connectivity index (χ2n) is 13.2. The standard InChI is InChI=1S/C50H34N4/c1-5-16-35(17-6-1)41-31-42(38-22-15-23-40(30-38)48-49(36-18-7-2-8-19-36)53-29-14-13-26-47(53)52-48)33-43(32-41)39-27-28-45-46(34-39)54(44-24-11-4-12-25-44)50(51-45)37-20-9-3-10-21-37/h1-34H/i1D,5D,6D,16D,17D. The molecule has 0 saturated carbocycles. The number of para-hydroxylation sites is 1. The minimum atomic E-state index is -0.427. The summed E-state index contributed by atoms with van der Waals surface area (Å²) in [6.45, 7) is 0. The first-order valence-corrected chi connectivity index (χ1v) is 17.8. The van der Waals surface area contributed by atoms with Crippen LogP contribution in [0.4, 0.5) is 0 Å². The first-order chi connectivity index (χ1) is 28.8. The predicted octanol–water partition coefficient (Wildman–Crippen LogP) is 12.7. The Kier molecular flexibility index (Phi) is 6.54. The van der Waals surface area contributed by atoms with Gasteiger partial charge in [-0.15, -0.1) is 0 Å². The van der Waals surface area contributed by atoms with Crippen molar-refractivity contribution in [2.45, 2.75) is 0 Å². The highest BCUT2D eigenvalue weighted by Gasteiger charge is 2.18. The normalized spacial score (nSPS) is 12.6. The summed E-state index contributed by atoms with van der Waals surface area (Å²) in [5, 5.41) is 0. The van der Waals surface area contributed by atoms with Crippen molar-refractivity contribution in [2.75, 3.05) is 0 Å². The fourth-order valence-electron chi connectivity index (χ4n) is 7.29. The van der Waals surface area contributed by atoms with Crippen molar-refractivity contribution in [1.29, 1.82) is 0 Å². The number of imidazole rings is 2. The molecular formula is C50H34N4. The van der Waals surface area contributed by atoms with Gasteiger partial charge in [-0.1, -0.05) is 139 Å². The van der Waals surface area contributed by atoms with Crippen molar-refractivity contribution in [3.63, 3.8) is 0 Å². The summed E-state index contributed by atoms with van der Waals surface area (Å²) in [4.78, 5) is 10.2. The molecule has 4 nitrogen and oxygen atoms in total. The Bertz CT molecular complexity index is 3180. The zero-order valence-corrected chi connectivity index (χ0v) is 29.0. The Morgan fingerprint density at radius 2 is 1.02 bits per heavy atom. The molecule has 3 aromatic heterocycles. The highest BCUT2D eigenvalue weighted by atomic mass is 15.1. The summed E-state index contributed by atoms with van der Waals surface area (Å²) in [7, 11) is 0. The van der Waals surface area contributed by atoms with E-state index in [0.717, 1.165) is 78.5 Å². The lowest BCUT2D eigenvalue weighted by Gasteiger charge is -2.13. The molecule has 54 heavy (non-hydrogen) atoms. The molecule has 4 heteroatoms. The average Bonchev–Trinajstić information content (AvgIpc) is 3.88. The zero-order valence-electron chi connectivity index (χ0n) is 34.0. The van der Waals surface area contributed by atoms with Gasteiger partial charge in [-0.25, -0.2) is 9.97 Å². The SMILES string of the molecule is [2H]c1c([2H])c([2H])c(-c2cc(-c3cccc(-c4nc5ccccn5c4-c4ccccc4)c3)cc(-c3ccc4nc(-c5ccccc5)n(-c5ccccc5)c4c3)c2)c([2H])c1[2H]. The van der Waals surface area contributed by atoms with Crippen molar-refractivity contribution >= 4 is 16.7 Å². The van der Waals surface area contributed by atoms with Crippen molar-refractivity contribution in [2.24, 2.45) is 0 Å². The van der Waals surface area contributed by atoms with Gasteiger partial charge in [-0.3, -0.25) is 8.97 Å². The maximum Gasteiger partial charge on any atom is 0.145 e. The van der Waals surface area contributed by atoms with Crippen LogP contribution in [0, 0.1) is 0 Å². The van der Waals surface area contributed by atoms with Gasteiger partial charge in [0.05, 0.1) is 29.3 Å². The summed E-state index contributed by atoms with van der Waals surface area (Å²) in [6.07, 6.45) is 2.03. The van der Waals surface area contributed by atoms with Crippen LogP contribution < -0.4 is 0 Å². The van der Waals surface area contributed by atoms with Crippen LogP contribution in [0.15, 0.2) is 206 Å². The van der Waals surface area contributed by atoms with Gasteiger partial charge in [-0.05, 0) is 94.0 Å². The lowest BCUT2D eigenvalue weighted by atomic mass is 9.92. The summed E-state index contributed by atoms with van der Waals surface area (Å²) in [6, 6.07) is 55.1. The molecule has 3 heterocycles. The van der Waals surface area contributed by atoms with Gasteiger partial charge in [-0.2, -0.15) is 0 Å². The second-order valence-corrected chi connectivity index (χ2v) is 13.2. The van der Waals surface area contributed by atoms with E-state index in [2.05, 4.69) is 69.6 Å². The number of nitrogens with zero attached hydrogens (tertiary/aromatic N) is 4. The number of hydrogen-bond donors (Lipinski definition) is 0. The van der Waals surface area contributed by atoms with E-state index in [9.17, 15) is 0 Å². The topological polar surface area (TPSA) is 35.1 Å².